The zero-order valence-electron chi connectivity index (χ0n) is 18.6. The highest BCUT2D eigenvalue weighted by molar-refractivity contribution is 5.85. The minimum atomic E-state index is -0.325. The predicted molar refractivity (Wildman–Crippen MR) is 127 cm³/mol. The van der Waals surface area contributed by atoms with Crippen LogP contribution in [0.4, 0.5) is 0 Å². The molecular formula is C23H32Cl2N4O2. The lowest BCUT2D eigenvalue weighted by molar-refractivity contribution is -0.130. The highest BCUT2D eigenvalue weighted by Crippen LogP contribution is 2.44. The van der Waals surface area contributed by atoms with Gasteiger partial charge in [0.2, 0.25) is 5.91 Å². The Bertz CT molecular complexity index is 968. The van der Waals surface area contributed by atoms with Crippen LogP contribution in [0.1, 0.15) is 40.5 Å². The summed E-state index contributed by atoms with van der Waals surface area (Å²) >= 11 is 0. The van der Waals surface area contributed by atoms with E-state index in [9.17, 15) is 9.59 Å². The van der Waals surface area contributed by atoms with Crippen LogP contribution in [-0.4, -0.2) is 52.4 Å². The van der Waals surface area contributed by atoms with Crippen LogP contribution in [0.15, 0.2) is 29.1 Å². The molecule has 2 aliphatic rings. The summed E-state index contributed by atoms with van der Waals surface area (Å²) in [6.07, 6.45) is 1.08. The Labute approximate surface area is 196 Å². The number of aromatic amines is 1. The highest BCUT2D eigenvalue weighted by Gasteiger charge is 2.47. The van der Waals surface area contributed by atoms with E-state index in [0.717, 1.165) is 36.6 Å². The molecule has 2 saturated heterocycles. The third-order valence-electron chi connectivity index (χ3n) is 6.80. The quantitative estimate of drug-likeness (QED) is 0.750. The summed E-state index contributed by atoms with van der Waals surface area (Å²) in [4.78, 5) is 35.7. The van der Waals surface area contributed by atoms with Crippen molar-refractivity contribution in [2.45, 2.75) is 39.7 Å². The van der Waals surface area contributed by atoms with Crippen molar-refractivity contribution in [3.63, 3.8) is 0 Å². The van der Waals surface area contributed by atoms with Crippen molar-refractivity contribution >= 4 is 30.7 Å². The number of halogens is 2. The van der Waals surface area contributed by atoms with Crippen molar-refractivity contribution in [2.75, 3.05) is 26.7 Å². The first-order valence-corrected chi connectivity index (χ1v) is 10.4. The van der Waals surface area contributed by atoms with Gasteiger partial charge in [-0.2, -0.15) is 4.98 Å². The second-order valence-corrected chi connectivity index (χ2v) is 8.69. The van der Waals surface area contributed by atoms with Gasteiger partial charge in [-0.1, -0.05) is 24.3 Å². The largest absolute Gasteiger partial charge is 0.345 e. The topological polar surface area (TPSA) is 69.3 Å². The van der Waals surface area contributed by atoms with Gasteiger partial charge in [-0.05, 0) is 56.8 Å². The van der Waals surface area contributed by atoms with Gasteiger partial charge in [-0.15, -0.1) is 24.8 Å². The minimum Gasteiger partial charge on any atom is -0.342 e. The number of H-pyrrole nitrogens is 1. The SMILES string of the molecule is Cc1ccccc1[C@@H]1[C@@H]2CN(C(=O)CCc3c(C)nc(=O)[nH]c3C)C[C@@H]2CN1C.Cl.Cl. The molecule has 6 nitrogen and oxygen atoms in total. The number of nitrogens with one attached hydrogen (secondary N) is 1. The lowest BCUT2D eigenvalue weighted by atomic mass is 9.88. The summed E-state index contributed by atoms with van der Waals surface area (Å²) in [5.74, 6) is 1.23. The molecule has 0 bridgehead atoms. The summed E-state index contributed by atoms with van der Waals surface area (Å²) in [7, 11) is 2.20. The Balaban J connectivity index is 0.00000171. The van der Waals surface area contributed by atoms with Crippen LogP contribution in [0, 0.1) is 32.6 Å². The molecule has 0 aliphatic carbocycles. The number of benzene rings is 1. The maximum absolute atomic E-state index is 13.0. The van der Waals surface area contributed by atoms with Gasteiger partial charge >= 0.3 is 5.69 Å². The summed E-state index contributed by atoms with van der Waals surface area (Å²) in [5, 5.41) is 0. The second-order valence-electron chi connectivity index (χ2n) is 8.69. The minimum absolute atomic E-state index is 0. The first kappa shape index (κ1) is 25.4. The van der Waals surface area contributed by atoms with E-state index in [0.29, 0.717) is 30.7 Å². The van der Waals surface area contributed by atoms with Gasteiger partial charge in [0.15, 0.2) is 0 Å². The number of nitrogens with zero attached hydrogens (tertiary/aromatic N) is 3. The lowest BCUT2D eigenvalue weighted by Crippen LogP contribution is -2.33. The molecule has 0 unspecified atom stereocenters. The van der Waals surface area contributed by atoms with E-state index >= 15 is 0 Å². The summed E-state index contributed by atoms with van der Waals surface area (Å²) in [6.45, 7) is 8.60. The molecule has 170 valence electrons. The molecule has 0 radical (unpaired) electrons. The smallest absolute Gasteiger partial charge is 0.342 e. The first-order valence-electron chi connectivity index (χ1n) is 10.4. The van der Waals surface area contributed by atoms with Gasteiger partial charge in [0.1, 0.15) is 0 Å². The number of hydrogen-bond acceptors (Lipinski definition) is 4. The van der Waals surface area contributed by atoms with E-state index in [1.165, 1.54) is 11.1 Å². The summed E-state index contributed by atoms with van der Waals surface area (Å²) < 4.78 is 0. The van der Waals surface area contributed by atoms with Crippen molar-refractivity contribution < 1.29 is 4.79 Å². The maximum atomic E-state index is 13.0. The van der Waals surface area contributed by atoms with E-state index in [-0.39, 0.29) is 36.4 Å². The van der Waals surface area contributed by atoms with E-state index in [1.807, 2.05) is 13.8 Å². The third-order valence-corrected chi connectivity index (χ3v) is 6.80. The molecule has 1 aromatic heterocycles. The van der Waals surface area contributed by atoms with Crippen molar-refractivity contribution in [1.82, 2.24) is 19.8 Å². The molecule has 31 heavy (non-hydrogen) atoms. The molecule has 3 heterocycles. The molecule has 2 fully saturated rings. The molecule has 1 aromatic carbocycles. The Morgan fingerprint density at radius 3 is 2.52 bits per heavy atom. The number of carbonyl (C=O) groups excluding carboxylic acids is 1. The molecule has 1 amide bonds. The monoisotopic (exact) mass is 466 g/mol. The molecule has 8 heteroatoms. The van der Waals surface area contributed by atoms with Crippen LogP contribution < -0.4 is 5.69 Å². The first-order chi connectivity index (χ1) is 13.8. The zero-order chi connectivity index (χ0) is 20.7. The average molecular weight is 467 g/mol. The zero-order valence-corrected chi connectivity index (χ0v) is 20.2. The predicted octanol–water partition coefficient (Wildman–Crippen LogP) is 3.23. The van der Waals surface area contributed by atoms with Crippen LogP contribution >= 0.6 is 24.8 Å². The van der Waals surface area contributed by atoms with Crippen LogP contribution in [0.5, 0.6) is 0 Å². The molecule has 0 saturated carbocycles. The van der Waals surface area contributed by atoms with Crippen molar-refractivity contribution in [1.29, 1.82) is 0 Å². The Morgan fingerprint density at radius 2 is 1.84 bits per heavy atom. The third kappa shape index (κ3) is 4.97. The number of amides is 1. The van der Waals surface area contributed by atoms with Crippen LogP contribution in [-0.2, 0) is 11.2 Å². The second kappa shape index (κ2) is 10.2. The standard InChI is InChI=1S/C23H30N4O2.2ClH/c1-14-7-5-6-8-18(14)22-20-13-27(12-17(20)11-26(22)4)21(28)10-9-19-15(2)24-23(29)25-16(19)3;;/h5-8,17,20,22H,9-13H2,1-4H3,(H,24,25,29);2*1H/t17-,20+,22+;;/m0../s1. The van der Waals surface area contributed by atoms with Crippen molar-refractivity contribution in [2.24, 2.45) is 11.8 Å². The number of aromatic nitrogens is 2. The Kier molecular flexibility index (Phi) is 8.31. The summed E-state index contributed by atoms with van der Waals surface area (Å²) in [6, 6.07) is 9.00. The van der Waals surface area contributed by atoms with Gasteiger partial charge in [-0.3, -0.25) is 9.69 Å². The van der Waals surface area contributed by atoms with Crippen molar-refractivity contribution in [3.8, 4) is 0 Å². The number of carbonyl (C=O) groups is 1. The molecule has 0 spiro atoms. The van der Waals surface area contributed by atoms with E-state index in [2.05, 4.69) is 58.0 Å². The normalized spacial score (nSPS) is 22.6. The molecule has 3 atom stereocenters. The number of fused-ring (bicyclic) bond motifs is 1. The number of hydrogen-bond donors (Lipinski definition) is 1. The van der Waals surface area contributed by atoms with E-state index in [1.54, 1.807) is 0 Å². The van der Waals surface area contributed by atoms with Crippen LogP contribution in [0.2, 0.25) is 0 Å². The molecule has 1 N–H and O–H groups in total. The fraction of sp³-hybridized carbons (Fsp3) is 0.522. The number of rotatable bonds is 4. The molecular weight excluding hydrogens is 435 g/mol. The fourth-order valence-electron chi connectivity index (χ4n) is 5.36. The van der Waals surface area contributed by atoms with E-state index < -0.39 is 0 Å². The van der Waals surface area contributed by atoms with Crippen LogP contribution in [0.25, 0.3) is 0 Å². The Morgan fingerprint density at radius 1 is 1.13 bits per heavy atom. The summed E-state index contributed by atoms with van der Waals surface area (Å²) in [5.41, 5.74) is 4.91. The van der Waals surface area contributed by atoms with E-state index in [4.69, 9.17) is 0 Å². The number of aryl methyl sites for hydroxylation is 3. The Hall–Kier alpha value is -1.89. The maximum Gasteiger partial charge on any atom is 0.345 e. The van der Waals surface area contributed by atoms with Gasteiger partial charge in [-0.25, -0.2) is 4.79 Å². The van der Waals surface area contributed by atoms with Crippen molar-refractivity contribution in [3.05, 3.63) is 62.8 Å². The van der Waals surface area contributed by atoms with Gasteiger partial charge in [0.05, 0.1) is 0 Å². The average Bonchev–Trinajstić information content (AvgIpc) is 3.18. The van der Waals surface area contributed by atoms with Gasteiger partial charge in [0, 0.05) is 49.4 Å². The molecule has 2 aromatic rings. The highest BCUT2D eigenvalue weighted by atomic mass is 35.5. The van der Waals surface area contributed by atoms with Crippen LogP contribution in [0.3, 0.4) is 0 Å². The lowest BCUT2D eigenvalue weighted by Gasteiger charge is -2.28. The van der Waals surface area contributed by atoms with Gasteiger partial charge in [0.25, 0.3) is 0 Å². The molecule has 2 aliphatic heterocycles. The van der Waals surface area contributed by atoms with Gasteiger partial charge < -0.3 is 9.88 Å². The molecule has 4 rings (SSSR count). The fourth-order valence-corrected chi connectivity index (χ4v) is 5.36. The number of likely N-dealkylation sites (tertiary alicyclic amines) is 2.